The number of halogens is 1. The third kappa shape index (κ3) is 2.35. The summed E-state index contributed by atoms with van der Waals surface area (Å²) in [5, 5.41) is 3.65. The number of hydrogen-bond acceptors (Lipinski definition) is 3. The summed E-state index contributed by atoms with van der Waals surface area (Å²) in [5.41, 5.74) is 0. The smallest absolute Gasteiger partial charge is 0.148 e. The maximum Gasteiger partial charge on any atom is 0.148 e. The van der Waals surface area contributed by atoms with Crippen molar-refractivity contribution in [2.24, 2.45) is 0 Å². The Bertz CT molecular complexity index is 237. The van der Waals surface area contributed by atoms with Crippen molar-refractivity contribution in [3.05, 3.63) is 17.5 Å². The Labute approximate surface area is 70.8 Å². The zero-order chi connectivity index (χ0) is 8.27. The fraction of sp³-hybridized carbons (Fsp3) is 0.429. The molecule has 1 aromatic rings. The lowest BCUT2D eigenvalue weighted by atomic mass is 10.4. The summed E-state index contributed by atoms with van der Waals surface area (Å²) in [7, 11) is 0. The summed E-state index contributed by atoms with van der Waals surface area (Å²) in [6.07, 6.45) is 3.04. The maximum absolute atomic E-state index is 5.78. The molecule has 0 unspecified atom stereocenters. The van der Waals surface area contributed by atoms with E-state index in [1.54, 1.807) is 6.20 Å². The molecule has 0 aliphatic heterocycles. The second kappa shape index (κ2) is 3.53. The number of aromatic nitrogens is 2. The molecule has 0 atom stereocenters. The van der Waals surface area contributed by atoms with E-state index in [1.165, 1.54) is 6.33 Å². The minimum absolute atomic E-state index is 0.336. The Morgan fingerprint density at radius 2 is 2.27 bits per heavy atom. The number of nitrogens with one attached hydrogen (secondary N) is 1. The van der Waals surface area contributed by atoms with Crippen molar-refractivity contribution in [1.29, 1.82) is 0 Å². The second-order valence-electron chi connectivity index (χ2n) is 2.52. The molecule has 0 fully saturated rings. The van der Waals surface area contributed by atoms with Crippen LogP contribution in [0.15, 0.2) is 12.5 Å². The van der Waals surface area contributed by atoms with Gasteiger partial charge in [0.25, 0.3) is 0 Å². The van der Waals surface area contributed by atoms with E-state index >= 15 is 0 Å². The van der Waals surface area contributed by atoms with Crippen molar-refractivity contribution < 1.29 is 0 Å². The highest BCUT2D eigenvalue weighted by Gasteiger charge is 2.00. The number of rotatable bonds is 2. The molecule has 11 heavy (non-hydrogen) atoms. The summed E-state index contributed by atoms with van der Waals surface area (Å²) < 4.78 is 0. The highest BCUT2D eigenvalue weighted by atomic mass is 35.5. The first-order valence-corrected chi connectivity index (χ1v) is 3.80. The molecule has 3 nitrogen and oxygen atoms in total. The summed E-state index contributed by atoms with van der Waals surface area (Å²) in [6.45, 7) is 4.05. The summed E-state index contributed by atoms with van der Waals surface area (Å²) in [4.78, 5) is 7.73. The highest BCUT2D eigenvalue weighted by Crippen LogP contribution is 2.16. The summed E-state index contributed by atoms with van der Waals surface area (Å²) in [6, 6.07) is 0.336. The average Bonchev–Trinajstić information content (AvgIpc) is 1.93. The Kier molecular flexibility index (Phi) is 2.65. The highest BCUT2D eigenvalue weighted by molar-refractivity contribution is 6.32. The Morgan fingerprint density at radius 1 is 1.55 bits per heavy atom. The van der Waals surface area contributed by atoms with Gasteiger partial charge in [0.05, 0.1) is 6.20 Å². The van der Waals surface area contributed by atoms with Gasteiger partial charge in [-0.05, 0) is 13.8 Å². The lowest BCUT2D eigenvalue weighted by Gasteiger charge is -2.08. The molecule has 1 rings (SSSR count). The van der Waals surface area contributed by atoms with Gasteiger partial charge in [-0.1, -0.05) is 11.6 Å². The predicted octanol–water partition coefficient (Wildman–Crippen LogP) is 1.95. The van der Waals surface area contributed by atoms with Crippen molar-refractivity contribution in [1.82, 2.24) is 9.97 Å². The summed E-state index contributed by atoms with van der Waals surface area (Å²) in [5.74, 6) is 0.691. The predicted molar refractivity (Wildman–Crippen MR) is 45.8 cm³/mol. The zero-order valence-corrected chi connectivity index (χ0v) is 7.26. The van der Waals surface area contributed by atoms with Gasteiger partial charge < -0.3 is 5.32 Å². The van der Waals surface area contributed by atoms with Gasteiger partial charge >= 0.3 is 0 Å². The van der Waals surface area contributed by atoms with E-state index in [-0.39, 0.29) is 0 Å². The normalized spacial score (nSPS) is 10.2. The number of nitrogens with zero attached hydrogens (tertiary/aromatic N) is 2. The van der Waals surface area contributed by atoms with Gasteiger partial charge in [0, 0.05) is 6.04 Å². The molecule has 60 valence electrons. The van der Waals surface area contributed by atoms with Crippen molar-refractivity contribution in [3.8, 4) is 0 Å². The molecule has 0 amide bonds. The lowest BCUT2D eigenvalue weighted by molar-refractivity contribution is 0.886. The Morgan fingerprint density at radius 3 is 2.82 bits per heavy atom. The van der Waals surface area contributed by atoms with Crippen molar-refractivity contribution in [2.45, 2.75) is 19.9 Å². The van der Waals surface area contributed by atoms with Crippen LogP contribution in [0.1, 0.15) is 13.8 Å². The lowest BCUT2D eigenvalue weighted by Crippen LogP contribution is -2.11. The second-order valence-corrected chi connectivity index (χ2v) is 2.93. The minimum atomic E-state index is 0.336. The van der Waals surface area contributed by atoms with Crippen LogP contribution in [0, 0.1) is 0 Å². The quantitative estimate of drug-likeness (QED) is 0.739. The molecule has 0 aliphatic rings. The molecule has 1 heterocycles. The monoisotopic (exact) mass is 171 g/mol. The zero-order valence-electron chi connectivity index (χ0n) is 6.50. The van der Waals surface area contributed by atoms with E-state index < -0.39 is 0 Å². The average molecular weight is 172 g/mol. The third-order valence-electron chi connectivity index (χ3n) is 1.09. The molecule has 0 saturated heterocycles. The molecule has 0 radical (unpaired) electrons. The van der Waals surface area contributed by atoms with Gasteiger partial charge in [0.2, 0.25) is 0 Å². The molecule has 0 saturated carbocycles. The molecule has 0 spiro atoms. The fourth-order valence-electron chi connectivity index (χ4n) is 0.692. The van der Waals surface area contributed by atoms with E-state index in [0.29, 0.717) is 16.9 Å². The topological polar surface area (TPSA) is 37.8 Å². The molecule has 0 bridgehead atoms. The molecule has 1 N–H and O–H groups in total. The van der Waals surface area contributed by atoms with Crippen molar-refractivity contribution >= 4 is 17.4 Å². The van der Waals surface area contributed by atoms with E-state index in [0.717, 1.165) is 0 Å². The van der Waals surface area contributed by atoms with Gasteiger partial charge in [-0.25, -0.2) is 9.97 Å². The van der Waals surface area contributed by atoms with Crippen molar-refractivity contribution in [3.63, 3.8) is 0 Å². The van der Waals surface area contributed by atoms with Crippen LogP contribution < -0.4 is 5.32 Å². The van der Waals surface area contributed by atoms with E-state index in [1.807, 2.05) is 13.8 Å². The van der Waals surface area contributed by atoms with Gasteiger partial charge in [-0.15, -0.1) is 0 Å². The largest absolute Gasteiger partial charge is 0.367 e. The molecule has 0 aromatic carbocycles. The van der Waals surface area contributed by atoms with Crippen LogP contribution in [-0.4, -0.2) is 16.0 Å². The van der Waals surface area contributed by atoms with Crippen LogP contribution in [0.5, 0.6) is 0 Å². The standard InChI is InChI=1S/C7H10ClN3/c1-5(2)11-7-6(8)3-9-4-10-7/h3-5H,1-2H3,(H,9,10,11). The van der Waals surface area contributed by atoms with Crippen LogP contribution in [0.25, 0.3) is 0 Å². The van der Waals surface area contributed by atoms with Gasteiger partial charge in [-0.3, -0.25) is 0 Å². The van der Waals surface area contributed by atoms with Crippen molar-refractivity contribution in [2.75, 3.05) is 5.32 Å². The first-order chi connectivity index (χ1) is 5.20. The van der Waals surface area contributed by atoms with Crippen LogP contribution >= 0.6 is 11.6 Å². The summed E-state index contributed by atoms with van der Waals surface area (Å²) >= 11 is 5.78. The van der Waals surface area contributed by atoms with Crippen LogP contribution in [0.2, 0.25) is 5.02 Å². The molecular formula is C7H10ClN3. The van der Waals surface area contributed by atoms with Crippen LogP contribution in [-0.2, 0) is 0 Å². The first kappa shape index (κ1) is 8.27. The Hall–Kier alpha value is -0.830. The molecule has 1 aromatic heterocycles. The maximum atomic E-state index is 5.78. The van der Waals surface area contributed by atoms with Gasteiger partial charge in [0.15, 0.2) is 0 Å². The van der Waals surface area contributed by atoms with Gasteiger partial charge in [0.1, 0.15) is 17.2 Å². The van der Waals surface area contributed by atoms with E-state index in [2.05, 4.69) is 15.3 Å². The Balaban J connectivity index is 2.78. The van der Waals surface area contributed by atoms with Crippen LogP contribution in [0.3, 0.4) is 0 Å². The van der Waals surface area contributed by atoms with Gasteiger partial charge in [-0.2, -0.15) is 0 Å². The fourth-order valence-corrected chi connectivity index (χ4v) is 0.852. The molecular weight excluding hydrogens is 162 g/mol. The molecule has 4 heteroatoms. The number of hydrogen-bond donors (Lipinski definition) is 1. The first-order valence-electron chi connectivity index (χ1n) is 3.42. The number of anilines is 1. The van der Waals surface area contributed by atoms with E-state index in [9.17, 15) is 0 Å². The van der Waals surface area contributed by atoms with Crippen LogP contribution in [0.4, 0.5) is 5.82 Å². The van der Waals surface area contributed by atoms with E-state index in [4.69, 9.17) is 11.6 Å². The minimum Gasteiger partial charge on any atom is -0.367 e. The SMILES string of the molecule is CC(C)Nc1ncncc1Cl. The molecule has 0 aliphatic carbocycles. The third-order valence-corrected chi connectivity index (χ3v) is 1.37.